The Hall–Kier alpha value is -2.56. The predicted octanol–water partition coefficient (Wildman–Crippen LogP) is 3.55. The minimum Gasteiger partial charge on any atom is -0.497 e. The summed E-state index contributed by atoms with van der Waals surface area (Å²) < 4.78 is 5.11. The Morgan fingerprint density at radius 1 is 1.18 bits per heavy atom. The molecule has 0 saturated heterocycles. The smallest absolute Gasteiger partial charge is 0.256 e. The van der Waals surface area contributed by atoms with Crippen LogP contribution in [0.2, 0.25) is 0 Å². The SMILES string of the molecule is COc1cccc(C(=O)Nc2ccc(NC(C)(C)C)cn2)c1. The van der Waals surface area contributed by atoms with Crippen LogP contribution in [0.1, 0.15) is 31.1 Å². The molecule has 0 unspecified atom stereocenters. The van der Waals surface area contributed by atoms with Gasteiger partial charge >= 0.3 is 0 Å². The van der Waals surface area contributed by atoms with Gasteiger partial charge in [-0.05, 0) is 51.1 Å². The van der Waals surface area contributed by atoms with Gasteiger partial charge in [0.05, 0.1) is 19.0 Å². The molecule has 0 aliphatic heterocycles. The zero-order valence-corrected chi connectivity index (χ0v) is 13.3. The number of hydrogen-bond acceptors (Lipinski definition) is 4. The molecule has 0 aliphatic rings. The second-order valence-corrected chi connectivity index (χ2v) is 5.99. The van der Waals surface area contributed by atoms with E-state index in [0.29, 0.717) is 17.1 Å². The number of carbonyl (C=O) groups excluding carboxylic acids is 1. The highest BCUT2D eigenvalue weighted by Gasteiger charge is 2.10. The third-order valence-corrected chi connectivity index (χ3v) is 2.86. The summed E-state index contributed by atoms with van der Waals surface area (Å²) in [5, 5.41) is 6.08. The fraction of sp³-hybridized carbons (Fsp3) is 0.294. The molecule has 0 fully saturated rings. The lowest BCUT2D eigenvalue weighted by molar-refractivity contribution is 0.102. The number of nitrogens with one attached hydrogen (secondary N) is 2. The monoisotopic (exact) mass is 299 g/mol. The van der Waals surface area contributed by atoms with Crippen LogP contribution in [0, 0.1) is 0 Å². The number of hydrogen-bond donors (Lipinski definition) is 2. The van der Waals surface area contributed by atoms with Crippen LogP contribution in [0.5, 0.6) is 5.75 Å². The molecule has 5 nitrogen and oxygen atoms in total. The molecule has 0 aliphatic carbocycles. The lowest BCUT2D eigenvalue weighted by atomic mass is 10.1. The van der Waals surface area contributed by atoms with E-state index >= 15 is 0 Å². The fourth-order valence-corrected chi connectivity index (χ4v) is 1.93. The Morgan fingerprint density at radius 2 is 1.95 bits per heavy atom. The Balaban J connectivity index is 2.05. The Bertz CT molecular complexity index is 646. The summed E-state index contributed by atoms with van der Waals surface area (Å²) in [6.45, 7) is 6.22. The molecule has 1 amide bonds. The average Bonchev–Trinajstić information content (AvgIpc) is 2.48. The van der Waals surface area contributed by atoms with Gasteiger partial charge in [0.25, 0.3) is 5.91 Å². The van der Waals surface area contributed by atoms with E-state index in [4.69, 9.17) is 4.74 Å². The molecule has 116 valence electrons. The molecule has 0 atom stereocenters. The zero-order valence-electron chi connectivity index (χ0n) is 13.3. The standard InChI is InChI=1S/C17H21N3O2/c1-17(2,3)20-13-8-9-15(18-11-13)19-16(21)12-6-5-7-14(10-12)22-4/h5-11,20H,1-4H3,(H,18,19,21). The van der Waals surface area contributed by atoms with Gasteiger partial charge in [-0.3, -0.25) is 4.79 Å². The maximum Gasteiger partial charge on any atom is 0.256 e. The molecule has 22 heavy (non-hydrogen) atoms. The van der Waals surface area contributed by atoms with Crippen LogP contribution < -0.4 is 15.4 Å². The minimum absolute atomic E-state index is 0.0347. The average molecular weight is 299 g/mol. The molecule has 2 aromatic rings. The summed E-state index contributed by atoms with van der Waals surface area (Å²) in [6, 6.07) is 10.6. The van der Waals surface area contributed by atoms with E-state index in [1.807, 2.05) is 6.07 Å². The predicted molar refractivity (Wildman–Crippen MR) is 88.6 cm³/mol. The molecule has 1 aromatic carbocycles. The summed E-state index contributed by atoms with van der Waals surface area (Å²) in [5.74, 6) is 0.931. The van der Waals surface area contributed by atoms with Gasteiger partial charge in [0.15, 0.2) is 0 Å². The van der Waals surface area contributed by atoms with Gasteiger partial charge in [-0.2, -0.15) is 0 Å². The number of carbonyl (C=O) groups is 1. The highest BCUT2D eigenvalue weighted by molar-refractivity contribution is 6.04. The lowest BCUT2D eigenvalue weighted by Gasteiger charge is -2.21. The molecule has 1 heterocycles. The topological polar surface area (TPSA) is 63.2 Å². The van der Waals surface area contributed by atoms with Crippen LogP contribution in [0.15, 0.2) is 42.6 Å². The van der Waals surface area contributed by atoms with E-state index in [0.717, 1.165) is 5.69 Å². The number of benzene rings is 1. The molecule has 0 bridgehead atoms. The third kappa shape index (κ3) is 4.48. The summed E-state index contributed by atoms with van der Waals surface area (Å²) in [7, 11) is 1.57. The fourth-order valence-electron chi connectivity index (χ4n) is 1.93. The number of nitrogens with zero attached hydrogens (tertiary/aromatic N) is 1. The Morgan fingerprint density at radius 3 is 2.55 bits per heavy atom. The Kier molecular flexibility index (Phi) is 4.65. The summed E-state index contributed by atoms with van der Waals surface area (Å²) in [4.78, 5) is 16.4. The molecule has 2 N–H and O–H groups in total. The van der Waals surface area contributed by atoms with Crippen molar-refractivity contribution in [1.82, 2.24) is 4.98 Å². The zero-order chi connectivity index (χ0) is 16.2. The first kappa shape index (κ1) is 15.8. The molecular weight excluding hydrogens is 278 g/mol. The number of anilines is 2. The van der Waals surface area contributed by atoms with Gasteiger partial charge in [-0.15, -0.1) is 0 Å². The van der Waals surface area contributed by atoms with Gasteiger partial charge in [0.1, 0.15) is 11.6 Å². The minimum atomic E-state index is -0.220. The van der Waals surface area contributed by atoms with E-state index in [1.165, 1.54) is 0 Å². The number of methoxy groups -OCH3 is 1. The van der Waals surface area contributed by atoms with Crippen LogP contribution in [0.25, 0.3) is 0 Å². The molecule has 2 rings (SSSR count). The van der Waals surface area contributed by atoms with Gasteiger partial charge < -0.3 is 15.4 Å². The van der Waals surface area contributed by atoms with Crippen molar-refractivity contribution in [2.24, 2.45) is 0 Å². The quantitative estimate of drug-likeness (QED) is 0.906. The van der Waals surface area contributed by atoms with E-state index in [9.17, 15) is 4.79 Å². The van der Waals surface area contributed by atoms with Gasteiger partial charge in [0.2, 0.25) is 0 Å². The first-order chi connectivity index (χ1) is 10.4. The van der Waals surface area contributed by atoms with E-state index < -0.39 is 0 Å². The van der Waals surface area contributed by atoms with Crippen LogP contribution in [0.3, 0.4) is 0 Å². The normalized spacial score (nSPS) is 10.9. The van der Waals surface area contributed by atoms with Crippen molar-refractivity contribution < 1.29 is 9.53 Å². The number of ether oxygens (including phenoxy) is 1. The van der Waals surface area contributed by atoms with Gasteiger partial charge in [-0.25, -0.2) is 4.98 Å². The van der Waals surface area contributed by atoms with Gasteiger partial charge in [0, 0.05) is 11.1 Å². The van der Waals surface area contributed by atoms with E-state index in [1.54, 1.807) is 43.6 Å². The molecule has 1 aromatic heterocycles. The van der Waals surface area contributed by atoms with Crippen molar-refractivity contribution in [3.63, 3.8) is 0 Å². The maximum atomic E-state index is 12.2. The second kappa shape index (κ2) is 6.47. The van der Waals surface area contributed by atoms with Crippen LogP contribution in [0.4, 0.5) is 11.5 Å². The number of amides is 1. The molecular formula is C17H21N3O2. The van der Waals surface area contributed by atoms with Crippen molar-refractivity contribution in [3.05, 3.63) is 48.2 Å². The van der Waals surface area contributed by atoms with Crippen molar-refractivity contribution in [1.29, 1.82) is 0 Å². The van der Waals surface area contributed by atoms with E-state index in [2.05, 4.69) is 36.4 Å². The highest BCUT2D eigenvalue weighted by Crippen LogP contribution is 2.17. The lowest BCUT2D eigenvalue weighted by Crippen LogP contribution is -2.26. The van der Waals surface area contributed by atoms with Crippen LogP contribution in [-0.4, -0.2) is 23.5 Å². The maximum absolute atomic E-state index is 12.2. The van der Waals surface area contributed by atoms with E-state index in [-0.39, 0.29) is 11.4 Å². The summed E-state index contributed by atoms with van der Waals surface area (Å²) in [5.41, 5.74) is 1.40. The van der Waals surface area contributed by atoms with Crippen molar-refractivity contribution in [2.45, 2.75) is 26.3 Å². The second-order valence-electron chi connectivity index (χ2n) is 5.99. The first-order valence-corrected chi connectivity index (χ1v) is 7.07. The van der Waals surface area contributed by atoms with Crippen molar-refractivity contribution in [2.75, 3.05) is 17.7 Å². The number of rotatable bonds is 4. The van der Waals surface area contributed by atoms with Crippen molar-refractivity contribution >= 4 is 17.4 Å². The summed E-state index contributed by atoms with van der Waals surface area (Å²) in [6.07, 6.45) is 1.70. The Labute approximate surface area is 130 Å². The van der Waals surface area contributed by atoms with Crippen LogP contribution in [-0.2, 0) is 0 Å². The third-order valence-electron chi connectivity index (χ3n) is 2.86. The number of aromatic nitrogens is 1. The number of pyridine rings is 1. The molecule has 0 saturated carbocycles. The first-order valence-electron chi connectivity index (χ1n) is 7.07. The molecule has 0 spiro atoms. The summed E-state index contributed by atoms with van der Waals surface area (Å²) >= 11 is 0. The largest absolute Gasteiger partial charge is 0.497 e. The molecule has 0 radical (unpaired) electrons. The van der Waals surface area contributed by atoms with Crippen molar-refractivity contribution in [3.8, 4) is 5.75 Å². The van der Waals surface area contributed by atoms with Crippen LogP contribution >= 0.6 is 0 Å². The highest BCUT2D eigenvalue weighted by atomic mass is 16.5. The van der Waals surface area contributed by atoms with Gasteiger partial charge in [-0.1, -0.05) is 6.07 Å². The molecule has 5 heteroatoms.